The molecule has 2 rings (SSSR count). The third-order valence-electron chi connectivity index (χ3n) is 2.60. The van der Waals surface area contributed by atoms with Crippen LogP contribution in [-0.2, 0) is 12.1 Å². The highest BCUT2D eigenvalue weighted by atomic mass is 16.3. The third kappa shape index (κ3) is 2.68. The normalized spacial score (nSPS) is 11.8. The van der Waals surface area contributed by atoms with Crippen LogP contribution >= 0.6 is 0 Å². The molecule has 0 saturated carbocycles. The van der Waals surface area contributed by atoms with Crippen LogP contribution in [0.25, 0.3) is 0 Å². The van der Waals surface area contributed by atoms with Gasteiger partial charge in [0.25, 0.3) is 0 Å². The number of pyridine rings is 1. The smallest absolute Gasteiger partial charge is 0.114 e. The van der Waals surface area contributed by atoms with E-state index in [-0.39, 0.29) is 0 Å². The van der Waals surface area contributed by atoms with Crippen LogP contribution in [0.4, 0.5) is 0 Å². The zero-order valence-electron chi connectivity index (χ0n) is 10.3. The van der Waals surface area contributed by atoms with E-state index < -0.39 is 5.60 Å². The maximum absolute atomic E-state index is 9.79. The molecular weight excluding hydrogens is 216 g/mol. The summed E-state index contributed by atoms with van der Waals surface area (Å²) in [6.07, 6.45) is 3.50. The molecule has 0 aromatic carbocycles. The van der Waals surface area contributed by atoms with Crippen molar-refractivity contribution in [3.05, 3.63) is 41.5 Å². The predicted octanol–water partition coefficient (Wildman–Crippen LogP) is 1.26. The molecule has 0 bridgehead atoms. The standard InChI is InChI=1S/C12H16N4O/c1-9-5-4-6-13-10(9)7-16-8-11(14-15-16)12(2,3)17/h4-6,8,17H,7H2,1-3H3. The molecule has 5 heteroatoms. The van der Waals surface area contributed by atoms with E-state index in [4.69, 9.17) is 0 Å². The van der Waals surface area contributed by atoms with Crippen LogP contribution in [0.1, 0.15) is 30.8 Å². The Hall–Kier alpha value is -1.75. The van der Waals surface area contributed by atoms with Gasteiger partial charge in [0.2, 0.25) is 0 Å². The number of aliphatic hydroxyl groups is 1. The van der Waals surface area contributed by atoms with Gasteiger partial charge in [-0.2, -0.15) is 0 Å². The Labute approximate surface area is 100 Å². The van der Waals surface area contributed by atoms with E-state index in [1.54, 1.807) is 30.9 Å². The molecule has 0 aliphatic rings. The van der Waals surface area contributed by atoms with Gasteiger partial charge in [0.1, 0.15) is 11.3 Å². The summed E-state index contributed by atoms with van der Waals surface area (Å²) in [6.45, 7) is 5.95. The lowest BCUT2D eigenvalue weighted by molar-refractivity contribution is 0.0737. The van der Waals surface area contributed by atoms with Crippen molar-refractivity contribution in [3.63, 3.8) is 0 Å². The Morgan fingerprint density at radius 2 is 2.18 bits per heavy atom. The molecule has 0 unspecified atom stereocenters. The fraction of sp³-hybridized carbons (Fsp3) is 0.417. The highest BCUT2D eigenvalue weighted by molar-refractivity contribution is 5.18. The van der Waals surface area contributed by atoms with Gasteiger partial charge >= 0.3 is 0 Å². The fourth-order valence-corrected chi connectivity index (χ4v) is 1.49. The van der Waals surface area contributed by atoms with Crippen molar-refractivity contribution in [3.8, 4) is 0 Å². The summed E-state index contributed by atoms with van der Waals surface area (Å²) >= 11 is 0. The molecule has 0 aliphatic carbocycles. The first-order chi connectivity index (χ1) is 7.97. The Kier molecular flexibility index (Phi) is 2.93. The van der Waals surface area contributed by atoms with Crippen molar-refractivity contribution in [2.24, 2.45) is 0 Å². The summed E-state index contributed by atoms with van der Waals surface area (Å²) in [6, 6.07) is 3.92. The van der Waals surface area contributed by atoms with Crippen LogP contribution in [0.5, 0.6) is 0 Å². The topological polar surface area (TPSA) is 63.8 Å². The second kappa shape index (κ2) is 4.25. The maximum Gasteiger partial charge on any atom is 0.114 e. The molecule has 0 aliphatic heterocycles. The predicted molar refractivity (Wildman–Crippen MR) is 63.3 cm³/mol. The highest BCUT2D eigenvalue weighted by Gasteiger charge is 2.20. The molecule has 17 heavy (non-hydrogen) atoms. The molecule has 0 spiro atoms. The van der Waals surface area contributed by atoms with E-state index in [9.17, 15) is 5.11 Å². The average Bonchev–Trinajstić information content (AvgIpc) is 2.69. The second-order valence-electron chi connectivity index (χ2n) is 4.63. The van der Waals surface area contributed by atoms with Crippen molar-refractivity contribution in [1.29, 1.82) is 0 Å². The van der Waals surface area contributed by atoms with Crippen molar-refractivity contribution in [1.82, 2.24) is 20.0 Å². The van der Waals surface area contributed by atoms with Gasteiger partial charge in [-0.05, 0) is 32.4 Å². The van der Waals surface area contributed by atoms with Gasteiger partial charge in [0, 0.05) is 6.20 Å². The zero-order valence-corrected chi connectivity index (χ0v) is 10.3. The maximum atomic E-state index is 9.79. The molecule has 0 amide bonds. The number of rotatable bonds is 3. The molecule has 0 fully saturated rings. The monoisotopic (exact) mass is 232 g/mol. The number of nitrogens with zero attached hydrogens (tertiary/aromatic N) is 4. The number of aryl methyl sites for hydroxylation is 1. The lowest BCUT2D eigenvalue weighted by atomic mass is 10.1. The van der Waals surface area contributed by atoms with Crippen molar-refractivity contribution < 1.29 is 5.11 Å². The van der Waals surface area contributed by atoms with Crippen molar-refractivity contribution in [2.75, 3.05) is 0 Å². The average molecular weight is 232 g/mol. The summed E-state index contributed by atoms with van der Waals surface area (Å²) in [4.78, 5) is 4.29. The molecule has 2 aromatic rings. The van der Waals surface area contributed by atoms with Crippen LogP contribution in [-0.4, -0.2) is 25.1 Å². The first kappa shape index (κ1) is 11.7. The minimum Gasteiger partial charge on any atom is -0.384 e. The van der Waals surface area contributed by atoms with Crippen LogP contribution in [0.3, 0.4) is 0 Å². The van der Waals surface area contributed by atoms with E-state index in [1.165, 1.54) is 0 Å². The molecule has 0 atom stereocenters. The Morgan fingerprint density at radius 1 is 1.41 bits per heavy atom. The zero-order chi connectivity index (χ0) is 12.5. The van der Waals surface area contributed by atoms with Gasteiger partial charge in [-0.25, -0.2) is 4.68 Å². The molecule has 90 valence electrons. The molecule has 0 radical (unpaired) electrons. The van der Waals surface area contributed by atoms with Crippen molar-refractivity contribution in [2.45, 2.75) is 32.9 Å². The SMILES string of the molecule is Cc1cccnc1Cn1cc(C(C)(C)O)nn1. The summed E-state index contributed by atoms with van der Waals surface area (Å²) in [5.41, 5.74) is 1.68. The van der Waals surface area contributed by atoms with E-state index >= 15 is 0 Å². The van der Waals surface area contributed by atoms with Crippen LogP contribution in [0.2, 0.25) is 0 Å². The molecule has 5 nitrogen and oxygen atoms in total. The molecule has 0 saturated heterocycles. The number of hydrogen-bond acceptors (Lipinski definition) is 4. The largest absolute Gasteiger partial charge is 0.384 e. The highest BCUT2D eigenvalue weighted by Crippen LogP contribution is 2.16. The van der Waals surface area contributed by atoms with Gasteiger partial charge in [0.15, 0.2) is 0 Å². The van der Waals surface area contributed by atoms with Crippen LogP contribution < -0.4 is 0 Å². The van der Waals surface area contributed by atoms with Gasteiger partial charge in [-0.3, -0.25) is 4.98 Å². The lowest BCUT2D eigenvalue weighted by Gasteiger charge is -2.11. The van der Waals surface area contributed by atoms with Crippen LogP contribution in [0, 0.1) is 6.92 Å². The molecule has 2 aromatic heterocycles. The Bertz CT molecular complexity index is 513. The third-order valence-corrected chi connectivity index (χ3v) is 2.60. The first-order valence-electron chi connectivity index (χ1n) is 5.50. The van der Waals surface area contributed by atoms with Gasteiger partial charge < -0.3 is 5.11 Å². The fourth-order valence-electron chi connectivity index (χ4n) is 1.49. The summed E-state index contributed by atoms with van der Waals surface area (Å²) in [5.74, 6) is 0. The minimum absolute atomic E-state index is 0.561. The summed E-state index contributed by atoms with van der Waals surface area (Å²) in [7, 11) is 0. The van der Waals surface area contributed by atoms with E-state index in [0.717, 1.165) is 11.3 Å². The van der Waals surface area contributed by atoms with Gasteiger partial charge in [-0.15, -0.1) is 5.10 Å². The Morgan fingerprint density at radius 3 is 2.76 bits per heavy atom. The van der Waals surface area contributed by atoms with Crippen LogP contribution in [0.15, 0.2) is 24.5 Å². The number of hydrogen-bond donors (Lipinski definition) is 1. The van der Waals surface area contributed by atoms with Gasteiger partial charge in [0.05, 0.1) is 18.4 Å². The number of aromatic nitrogens is 4. The molecule has 1 N–H and O–H groups in total. The molecule has 2 heterocycles. The lowest BCUT2D eigenvalue weighted by Crippen LogP contribution is -2.15. The van der Waals surface area contributed by atoms with Gasteiger partial charge in [-0.1, -0.05) is 11.3 Å². The minimum atomic E-state index is -0.961. The first-order valence-corrected chi connectivity index (χ1v) is 5.50. The second-order valence-corrected chi connectivity index (χ2v) is 4.63. The van der Waals surface area contributed by atoms with Crippen molar-refractivity contribution >= 4 is 0 Å². The van der Waals surface area contributed by atoms with E-state index in [2.05, 4.69) is 15.3 Å². The van der Waals surface area contributed by atoms with E-state index in [1.807, 2.05) is 19.1 Å². The summed E-state index contributed by atoms with van der Waals surface area (Å²) < 4.78 is 1.68. The summed E-state index contributed by atoms with van der Waals surface area (Å²) in [5, 5.41) is 17.7. The quantitative estimate of drug-likeness (QED) is 0.865. The molecular formula is C12H16N4O. The Balaban J connectivity index is 2.21. The van der Waals surface area contributed by atoms with E-state index in [0.29, 0.717) is 12.2 Å².